The molecule has 1 saturated heterocycles. The minimum atomic E-state index is -4.10. The van der Waals surface area contributed by atoms with Crippen molar-refractivity contribution in [2.45, 2.75) is 81.8 Å². The lowest BCUT2D eigenvalue weighted by atomic mass is 10.0. The number of fused-ring (bicyclic) bond motifs is 1. The molecule has 1 atom stereocenters. The molecule has 194 valence electrons. The summed E-state index contributed by atoms with van der Waals surface area (Å²) in [7, 11) is 0. The highest BCUT2D eigenvalue weighted by Gasteiger charge is 2.63. The van der Waals surface area contributed by atoms with Gasteiger partial charge in [0, 0.05) is 18.0 Å². The Kier molecular flexibility index (Phi) is 7.83. The van der Waals surface area contributed by atoms with Crippen LogP contribution in [0.4, 0.5) is 23.2 Å². The second-order valence-corrected chi connectivity index (χ2v) is 10.6. The summed E-state index contributed by atoms with van der Waals surface area (Å²) in [6, 6.07) is 0.205. The predicted octanol–water partition coefficient (Wildman–Crippen LogP) is 6.10. The van der Waals surface area contributed by atoms with E-state index in [1.165, 1.54) is 11.8 Å². The molecule has 0 spiro atoms. The molecule has 1 aliphatic heterocycles. The number of carbonyl (C=O) groups is 1. The topological polar surface area (TPSA) is 60.2 Å². The molecule has 1 saturated carbocycles. The molecule has 0 aromatic carbocycles. The van der Waals surface area contributed by atoms with Gasteiger partial charge in [0.05, 0.1) is 43.5 Å². The Morgan fingerprint density at radius 1 is 1.23 bits per heavy atom. The van der Waals surface area contributed by atoms with Crippen LogP contribution in [0.5, 0.6) is 0 Å². The first-order chi connectivity index (χ1) is 16.6. The molecule has 0 N–H and O–H groups in total. The van der Waals surface area contributed by atoms with Crippen molar-refractivity contribution in [1.82, 2.24) is 14.5 Å². The largest absolute Gasteiger partial charge is 0.465 e. The van der Waals surface area contributed by atoms with E-state index in [-0.39, 0.29) is 24.1 Å². The van der Waals surface area contributed by atoms with Gasteiger partial charge in [-0.25, -0.2) is 9.97 Å². The summed E-state index contributed by atoms with van der Waals surface area (Å²) in [5, 5.41) is 0.368. The van der Waals surface area contributed by atoms with Gasteiger partial charge in [-0.15, -0.1) is 0 Å². The predicted molar refractivity (Wildman–Crippen MR) is 128 cm³/mol. The molecule has 6 nitrogen and oxygen atoms in total. The Bertz CT molecular complexity index is 1030. The van der Waals surface area contributed by atoms with Crippen LogP contribution < -0.4 is 4.90 Å². The van der Waals surface area contributed by atoms with Gasteiger partial charge in [-0.05, 0) is 25.2 Å². The number of nitrogens with zero attached hydrogens (tertiary/aromatic N) is 4. The molecule has 35 heavy (non-hydrogen) atoms. The van der Waals surface area contributed by atoms with E-state index >= 15 is 0 Å². The number of unbranched alkanes of at least 4 members (excludes halogenated alkanes) is 1. The SMILES string of the molecule is CCCCC(CC)COC(=O)CCSc1ncc2c(n1)c(N1CC(F)(F)C(F)(F)C1)cn2C1CC1. The van der Waals surface area contributed by atoms with Crippen molar-refractivity contribution >= 4 is 34.5 Å². The van der Waals surface area contributed by atoms with E-state index in [4.69, 9.17) is 4.74 Å². The lowest BCUT2D eigenvalue weighted by Gasteiger charge is -2.15. The average molecular weight is 517 g/mol. The number of halogens is 4. The van der Waals surface area contributed by atoms with Crippen LogP contribution >= 0.6 is 11.8 Å². The second-order valence-electron chi connectivity index (χ2n) is 9.50. The van der Waals surface area contributed by atoms with Crippen molar-refractivity contribution in [3.63, 3.8) is 0 Å². The van der Waals surface area contributed by atoms with Crippen LogP contribution in [0.15, 0.2) is 17.6 Å². The minimum absolute atomic E-state index is 0.191. The fraction of sp³-hybridized carbons (Fsp3) is 0.708. The summed E-state index contributed by atoms with van der Waals surface area (Å²) in [6.07, 6.45) is 9.55. The highest BCUT2D eigenvalue weighted by molar-refractivity contribution is 7.99. The van der Waals surface area contributed by atoms with Crippen molar-refractivity contribution in [1.29, 1.82) is 0 Å². The zero-order valence-corrected chi connectivity index (χ0v) is 20.9. The fourth-order valence-corrected chi connectivity index (χ4v) is 5.03. The van der Waals surface area contributed by atoms with E-state index in [2.05, 4.69) is 23.8 Å². The Morgan fingerprint density at radius 3 is 2.57 bits per heavy atom. The van der Waals surface area contributed by atoms with Crippen molar-refractivity contribution in [2.24, 2.45) is 5.92 Å². The third kappa shape index (κ3) is 5.86. The summed E-state index contributed by atoms with van der Waals surface area (Å²) in [6.45, 7) is 2.53. The van der Waals surface area contributed by atoms with E-state index in [1.54, 1.807) is 12.4 Å². The van der Waals surface area contributed by atoms with Crippen LogP contribution in [0, 0.1) is 5.92 Å². The van der Waals surface area contributed by atoms with Crippen molar-refractivity contribution in [2.75, 3.05) is 30.3 Å². The lowest BCUT2D eigenvalue weighted by Crippen LogP contribution is -2.38. The number of carbonyl (C=O) groups excluding carboxylic acids is 1. The highest BCUT2D eigenvalue weighted by atomic mass is 32.2. The van der Waals surface area contributed by atoms with Gasteiger partial charge in [0.2, 0.25) is 0 Å². The summed E-state index contributed by atoms with van der Waals surface area (Å²) in [4.78, 5) is 22.0. The Balaban J connectivity index is 1.41. The van der Waals surface area contributed by atoms with Crippen LogP contribution in [-0.2, 0) is 9.53 Å². The molecule has 1 unspecified atom stereocenters. The molecule has 0 amide bonds. The van der Waals surface area contributed by atoms with E-state index in [0.717, 1.165) is 43.4 Å². The van der Waals surface area contributed by atoms with Gasteiger partial charge >= 0.3 is 17.8 Å². The molecule has 2 aromatic heterocycles. The first-order valence-electron chi connectivity index (χ1n) is 12.3. The number of thioether (sulfide) groups is 1. The number of anilines is 1. The van der Waals surface area contributed by atoms with Gasteiger partial charge in [-0.3, -0.25) is 4.79 Å². The number of rotatable bonds is 12. The van der Waals surface area contributed by atoms with Gasteiger partial charge in [-0.1, -0.05) is 44.9 Å². The Labute approximate surface area is 206 Å². The third-order valence-corrected chi connectivity index (χ3v) is 7.55. The van der Waals surface area contributed by atoms with Crippen LogP contribution in [0.3, 0.4) is 0 Å². The van der Waals surface area contributed by atoms with E-state index in [1.807, 2.05) is 4.57 Å². The molecule has 2 aliphatic rings. The average Bonchev–Trinajstić information content (AvgIpc) is 3.54. The van der Waals surface area contributed by atoms with Gasteiger partial charge in [0.1, 0.15) is 5.52 Å². The molecule has 4 rings (SSSR count). The van der Waals surface area contributed by atoms with E-state index < -0.39 is 24.9 Å². The monoisotopic (exact) mass is 516 g/mol. The summed E-state index contributed by atoms with van der Waals surface area (Å²) in [5.74, 6) is -7.71. The van der Waals surface area contributed by atoms with Crippen molar-refractivity contribution < 1.29 is 27.1 Å². The number of alkyl halides is 4. The molecule has 2 aromatic rings. The maximum absolute atomic E-state index is 13.9. The van der Waals surface area contributed by atoms with Crippen LogP contribution in [0.25, 0.3) is 11.0 Å². The zero-order chi connectivity index (χ0) is 25.2. The number of aromatic nitrogens is 3. The van der Waals surface area contributed by atoms with Crippen molar-refractivity contribution in [3.8, 4) is 0 Å². The van der Waals surface area contributed by atoms with Crippen molar-refractivity contribution in [3.05, 3.63) is 12.4 Å². The molecule has 2 fully saturated rings. The Hall–Kier alpha value is -2.04. The summed E-state index contributed by atoms with van der Waals surface area (Å²) < 4.78 is 62.8. The first kappa shape index (κ1) is 26.0. The first-order valence-corrected chi connectivity index (χ1v) is 13.3. The minimum Gasteiger partial charge on any atom is -0.465 e. The number of hydrogen-bond acceptors (Lipinski definition) is 6. The third-order valence-electron chi connectivity index (χ3n) is 6.69. The second kappa shape index (κ2) is 10.5. The van der Waals surface area contributed by atoms with E-state index in [0.29, 0.717) is 34.5 Å². The quantitative estimate of drug-likeness (QED) is 0.147. The number of ether oxygens (including phenoxy) is 1. The standard InChI is InChI=1S/C24H32F4N4O2S/c1-3-5-6-16(4-2)13-34-20(33)9-10-35-22-29-11-18-21(30-22)19(12-32(18)17-7-8-17)31-14-23(25,26)24(27,28)15-31/h11-12,16-17H,3-10,13-15H2,1-2H3. The highest BCUT2D eigenvalue weighted by Crippen LogP contribution is 2.46. The fourth-order valence-electron chi connectivity index (χ4n) is 4.30. The molecule has 0 bridgehead atoms. The lowest BCUT2D eigenvalue weighted by molar-refractivity contribution is -0.172. The number of esters is 1. The van der Waals surface area contributed by atoms with Gasteiger partial charge in [0.25, 0.3) is 0 Å². The van der Waals surface area contributed by atoms with Gasteiger partial charge in [-0.2, -0.15) is 17.6 Å². The summed E-state index contributed by atoms with van der Waals surface area (Å²) >= 11 is 1.25. The maximum Gasteiger partial charge on any atom is 0.329 e. The van der Waals surface area contributed by atoms with Gasteiger partial charge < -0.3 is 14.2 Å². The normalized spacial score (nSPS) is 19.9. The van der Waals surface area contributed by atoms with Gasteiger partial charge in [0.15, 0.2) is 5.16 Å². The van der Waals surface area contributed by atoms with Crippen LogP contribution in [-0.4, -0.2) is 57.8 Å². The molecule has 0 radical (unpaired) electrons. The summed E-state index contributed by atoms with van der Waals surface area (Å²) in [5.41, 5.74) is 1.29. The number of hydrogen-bond donors (Lipinski definition) is 0. The van der Waals surface area contributed by atoms with E-state index in [9.17, 15) is 22.4 Å². The molecule has 11 heteroatoms. The van der Waals surface area contributed by atoms with Crippen LogP contribution in [0.1, 0.15) is 64.8 Å². The smallest absolute Gasteiger partial charge is 0.329 e. The Morgan fingerprint density at radius 2 is 1.94 bits per heavy atom. The molecular weight excluding hydrogens is 484 g/mol. The molecular formula is C24H32F4N4O2S. The molecule has 1 aliphatic carbocycles. The molecule has 3 heterocycles. The maximum atomic E-state index is 13.9. The van der Waals surface area contributed by atoms with Crippen LogP contribution in [0.2, 0.25) is 0 Å². The zero-order valence-electron chi connectivity index (χ0n) is 20.1.